The summed E-state index contributed by atoms with van der Waals surface area (Å²) in [6.45, 7) is 2.62. The maximum atomic E-state index is 9.79. The van der Waals surface area contributed by atoms with Crippen LogP contribution in [-0.2, 0) is 12.1 Å². The average molecular weight is 245 g/mol. The monoisotopic (exact) mass is 245 g/mol. The van der Waals surface area contributed by atoms with Crippen LogP contribution in [0.1, 0.15) is 11.1 Å². The number of likely N-dealkylation sites (N-methyl/N-ethyl adjacent to an activating group) is 1. The van der Waals surface area contributed by atoms with Gasteiger partial charge in [-0.2, -0.15) is 5.10 Å². The van der Waals surface area contributed by atoms with Gasteiger partial charge in [-0.1, -0.05) is 30.3 Å². The molecule has 4 heteroatoms. The smallest absolute Gasteiger partial charge is 0.0865 e. The van der Waals surface area contributed by atoms with Crippen LogP contribution in [0.15, 0.2) is 42.7 Å². The molecule has 2 rings (SSSR count). The third kappa shape index (κ3) is 2.44. The maximum absolute atomic E-state index is 9.79. The van der Waals surface area contributed by atoms with Gasteiger partial charge in [0.15, 0.2) is 0 Å². The Hall–Kier alpha value is -1.65. The van der Waals surface area contributed by atoms with Gasteiger partial charge < -0.3 is 10.4 Å². The van der Waals surface area contributed by atoms with Crippen molar-refractivity contribution in [1.29, 1.82) is 0 Å². The first-order valence-electron chi connectivity index (χ1n) is 6.04. The topological polar surface area (TPSA) is 50.1 Å². The number of nitrogens with zero attached hydrogens (tertiary/aromatic N) is 2. The molecule has 0 aliphatic rings. The Labute approximate surface area is 107 Å². The minimum Gasteiger partial charge on any atom is -0.394 e. The molecule has 0 amide bonds. The van der Waals surface area contributed by atoms with Crippen LogP contribution >= 0.6 is 0 Å². The van der Waals surface area contributed by atoms with Gasteiger partial charge in [-0.05, 0) is 25.1 Å². The van der Waals surface area contributed by atoms with Gasteiger partial charge in [0.1, 0.15) is 0 Å². The number of benzene rings is 1. The molecule has 1 aromatic carbocycles. The predicted molar refractivity (Wildman–Crippen MR) is 71.2 cm³/mol. The number of nitrogens with one attached hydrogen (secondary N) is 1. The quantitative estimate of drug-likeness (QED) is 0.835. The fourth-order valence-corrected chi connectivity index (χ4v) is 2.12. The first kappa shape index (κ1) is 12.8. The zero-order valence-electron chi connectivity index (χ0n) is 10.8. The van der Waals surface area contributed by atoms with Crippen molar-refractivity contribution < 1.29 is 5.11 Å². The lowest BCUT2D eigenvalue weighted by atomic mass is 9.91. The van der Waals surface area contributed by atoms with Crippen LogP contribution in [0.5, 0.6) is 0 Å². The molecular weight excluding hydrogens is 226 g/mol. The molecule has 1 unspecified atom stereocenters. The van der Waals surface area contributed by atoms with Gasteiger partial charge in [-0.3, -0.25) is 4.68 Å². The molecule has 0 radical (unpaired) electrons. The fourth-order valence-electron chi connectivity index (χ4n) is 2.12. The molecule has 4 nitrogen and oxygen atoms in total. The van der Waals surface area contributed by atoms with E-state index in [0.717, 1.165) is 11.1 Å². The summed E-state index contributed by atoms with van der Waals surface area (Å²) in [7, 11) is 1.86. The second-order valence-corrected chi connectivity index (χ2v) is 4.57. The van der Waals surface area contributed by atoms with E-state index in [4.69, 9.17) is 0 Å². The molecule has 0 spiro atoms. The van der Waals surface area contributed by atoms with E-state index in [2.05, 4.69) is 10.4 Å². The Morgan fingerprint density at radius 1 is 1.33 bits per heavy atom. The van der Waals surface area contributed by atoms with Crippen molar-refractivity contribution >= 4 is 0 Å². The highest BCUT2D eigenvalue weighted by Gasteiger charge is 2.30. The first-order valence-corrected chi connectivity index (χ1v) is 6.04. The molecular formula is C14H19N3O. The van der Waals surface area contributed by atoms with Crippen molar-refractivity contribution in [2.75, 3.05) is 13.7 Å². The SMILES string of the molecule is CNC(CO)(Cn1cc(C)cn1)c1ccccc1. The second kappa shape index (κ2) is 5.33. The second-order valence-electron chi connectivity index (χ2n) is 4.57. The van der Waals surface area contributed by atoms with E-state index in [1.54, 1.807) is 0 Å². The van der Waals surface area contributed by atoms with E-state index in [1.807, 2.05) is 61.4 Å². The van der Waals surface area contributed by atoms with Crippen molar-refractivity contribution in [2.45, 2.75) is 19.0 Å². The van der Waals surface area contributed by atoms with Crippen LogP contribution in [0.3, 0.4) is 0 Å². The number of hydrogen-bond acceptors (Lipinski definition) is 3. The first-order chi connectivity index (χ1) is 8.70. The molecule has 1 aromatic heterocycles. The summed E-state index contributed by atoms with van der Waals surface area (Å²) < 4.78 is 1.86. The number of rotatable bonds is 5. The summed E-state index contributed by atoms with van der Waals surface area (Å²) in [5, 5.41) is 17.3. The van der Waals surface area contributed by atoms with Crippen LogP contribution < -0.4 is 5.32 Å². The normalized spacial score (nSPS) is 14.4. The molecule has 1 atom stereocenters. The Balaban J connectivity index is 2.32. The van der Waals surface area contributed by atoms with E-state index in [9.17, 15) is 5.11 Å². The molecule has 2 aromatic rings. The average Bonchev–Trinajstić information content (AvgIpc) is 2.82. The highest BCUT2D eigenvalue weighted by Crippen LogP contribution is 2.22. The Morgan fingerprint density at radius 3 is 2.56 bits per heavy atom. The number of aliphatic hydroxyl groups excluding tert-OH is 1. The summed E-state index contributed by atoms with van der Waals surface area (Å²) in [5.74, 6) is 0. The van der Waals surface area contributed by atoms with Crippen molar-refractivity contribution in [1.82, 2.24) is 15.1 Å². The zero-order chi connectivity index (χ0) is 13.0. The van der Waals surface area contributed by atoms with Crippen LogP contribution in [0.4, 0.5) is 0 Å². The largest absolute Gasteiger partial charge is 0.394 e. The summed E-state index contributed by atoms with van der Waals surface area (Å²) in [6, 6.07) is 9.96. The number of hydrogen-bond donors (Lipinski definition) is 2. The van der Waals surface area contributed by atoms with Crippen molar-refractivity contribution in [3.05, 3.63) is 53.9 Å². The molecule has 96 valence electrons. The minimum absolute atomic E-state index is 0.0203. The molecule has 2 N–H and O–H groups in total. The predicted octanol–water partition coefficient (Wildman–Crippen LogP) is 1.30. The van der Waals surface area contributed by atoms with Gasteiger partial charge in [0.05, 0.1) is 24.9 Å². The van der Waals surface area contributed by atoms with E-state index in [0.29, 0.717) is 6.54 Å². The minimum atomic E-state index is -0.500. The lowest BCUT2D eigenvalue weighted by molar-refractivity contribution is 0.146. The van der Waals surface area contributed by atoms with E-state index in [-0.39, 0.29) is 6.61 Å². The molecule has 0 saturated carbocycles. The summed E-state index contributed by atoms with van der Waals surface area (Å²) in [5.41, 5.74) is 1.67. The molecule has 0 fully saturated rings. The lowest BCUT2D eigenvalue weighted by Gasteiger charge is -2.32. The zero-order valence-corrected chi connectivity index (χ0v) is 10.8. The van der Waals surface area contributed by atoms with Crippen molar-refractivity contribution in [3.8, 4) is 0 Å². The van der Waals surface area contributed by atoms with Gasteiger partial charge in [0.2, 0.25) is 0 Å². The number of aromatic nitrogens is 2. The summed E-state index contributed by atoms with van der Waals surface area (Å²) in [4.78, 5) is 0. The summed E-state index contributed by atoms with van der Waals surface area (Å²) >= 11 is 0. The number of aliphatic hydroxyl groups is 1. The van der Waals surface area contributed by atoms with E-state index < -0.39 is 5.54 Å². The van der Waals surface area contributed by atoms with Gasteiger partial charge in [0.25, 0.3) is 0 Å². The maximum Gasteiger partial charge on any atom is 0.0865 e. The van der Waals surface area contributed by atoms with Gasteiger partial charge >= 0.3 is 0 Å². The third-order valence-electron chi connectivity index (χ3n) is 3.27. The van der Waals surface area contributed by atoms with Gasteiger partial charge in [-0.15, -0.1) is 0 Å². The fraction of sp³-hybridized carbons (Fsp3) is 0.357. The Morgan fingerprint density at radius 2 is 2.06 bits per heavy atom. The van der Waals surface area contributed by atoms with Crippen LogP contribution in [0.2, 0.25) is 0 Å². The molecule has 0 aliphatic carbocycles. The van der Waals surface area contributed by atoms with Gasteiger partial charge in [0, 0.05) is 6.20 Å². The van der Waals surface area contributed by atoms with Gasteiger partial charge in [-0.25, -0.2) is 0 Å². The number of aryl methyl sites for hydroxylation is 1. The standard InChI is InChI=1S/C14H19N3O/c1-12-8-16-17(9-12)10-14(11-18,15-2)13-6-4-3-5-7-13/h3-9,15,18H,10-11H2,1-2H3. The van der Waals surface area contributed by atoms with E-state index in [1.165, 1.54) is 0 Å². The summed E-state index contributed by atoms with van der Waals surface area (Å²) in [6.07, 6.45) is 3.80. The van der Waals surface area contributed by atoms with Crippen molar-refractivity contribution in [2.24, 2.45) is 0 Å². The van der Waals surface area contributed by atoms with E-state index >= 15 is 0 Å². The molecule has 0 aliphatic heterocycles. The Bertz CT molecular complexity index is 489. The van der Waals surface area contributed by atoms with Crippen LogP contribution in [0, 0.1) is 6.92 Å². The highest BCUT2D eigenvalue weighted by atomic mass is 16.3. The molecule has 1 heterocycles. The van der Waals surface area contributed by atoms with Crippen LogP contribution in [0.25, 0.3) is 0 Å². The highest BCUT2D eigenvalue weighted by molar-refractivity contribution is 5.24. The molecule has 0 saturated heterocycles. The molecule has 0 bridgehead atoms. The third-order valence-corrected chi connectivity index (χ3v) is 3.27. The van der Waals surface area contributed by atoms with Crippen molar-refractivity contribution in [3.63, 3.8) is 0 Å². The Kier molecular flexibility index (Phi) is 3.79. The molecule has 18 heavy (non-hydrogen) atoms. The van der Waals surface area contributed by atoms with Crippen LogP contribution in [-0.4, -0.2) is 28.5 Å². The lowest BCUT2D eigenvalue weighted by Crippen LogP contribution is -2.47.